The first-order chi connectivity index (χ1) is 15.2. The van der Waals surface area contributed by atoms with Crippen molar-refractivity contribution in [3.8, 4) is 0 Å². The first-order valence-electron chi connectivity index (χ1n) is 10.2. The lowest BCUT2D eigenvalue weighted by Gasteiger charge is -2.18. The number of carbonyl (C=O) groups excluding carboxylic acids is 3. The highest BCUT2D eigenvalue weighted by molar-refractivity contribution is 6.00. The molecule has 4 N–H and O–H groups in total. The Hall–Kier alpha value is -3.88. The molecule has 170 valence electrons. The Morgan fingerprint density at radius 1 is 0.969 bits per heavy atom. The third kappa shape index (κ3) is 7.75. The highest BCUT2D eigenvalue weighted by Gasteiger charge is 2.15. The number of aryl methyl sites for hydroxylation is 1. The van der Waals surface area contributed by atoms with Gasteiger partial charge in [-0.25, -0.2) is 4.79 Å². The molecule has 0 aliphatic carbocycles. The van der Waals surface area contributed by atoms with Crippen molar-refractivity contribution in [3.63, 3.8) is 0 Å². The van der Waals surface area contributed by atoms with E-state index in [1.165, 1.54) is 4.90 Å². The summed E-state index contributed by atoms with van der Waals surface area (Å²) in [7, 11) is 1.60. The van der Waals surface area contributed by atoms with E-state index in [9.17, 15) is 19.2 Å². The molecule has 0 bridgehead atoms. The average Bonchev–Trinajstić information content (AvgIpc) is 2.73. The van der Waals surface area contributed by atoms with Gasteiger partial charge in [0.25, 0.3) is 0 Å². The van der Waals surface area contributed by atoms with E-state index in [-0.39, 0.29) is 37.1 Å². The number of aliphatic carboxylic acids is 1. The van der Waals surface area contributed by atoms with Crippen LogP contribution in [0, 0.1) is 6.92 Å². The van der Waals surface area contributed by atoms with Gasteiger partial charge >= 0.3 is 12.0 Å². The Kier molecular flexibility index (Phi) is 8.76. The summed E-state index contributed by atoms with van der Waals surface area (Å²) >= 11 is 0. The Bertz CT molecular complexity index is 975. The summed E-state index contributed by atoms with van der Waals surface area (Å²) in [6.45, 7) is 3.49. The van der Waals surface area contributed by atoms with Crippen LogP contribution in [0.25, 0.3) is 0 Å². The molecule has 0 heterocycles. The number of carboxylic acids is 1. The van der Waals surface area contributed by atoms with Crippen molar-refractivity contribution in [2.75, 3.05) is 22.6 Å². The van der Waals surface area contributed by atoms with Crippen LogP contribution in [0.15, 0.2) is 48.5 Å². The van der Waals surface area contributed by atoms with Gasteiger partial charge in [0.15, 0.2) is 0 Å². The minimum absolute atomic E-state index is 0.0129. The van der Waals surface area contributed by atoms with Gasteiger partial charge in [0, 0.05) is 43.0 Å². The second kappa shape index (κ2) is 11.5. The number of benzene rings is 2. The summed E-state index contributed by atoms with van der Waals surface area (Å²) in [5, 5.41) is 16.8. The fourth-order valence-electron chi connectivity index (χ4n) is 2.96. The Morgan fingerprint density at radius 2 is 1.62 bits per heavy atom. The number of hydrogen-bond donors (Lipinski definition) is 4. The maximum absolute atomic E-state index is 12.4. The molecule has 0 radical (unpaired) electrons. The zero-order valence-electron chi connectivity index (χ0n) is 18.3. The number of urea groups is 1. The lowest BCUT2D eigenvalue weighted by molar-refractivity contribution is -0.137. The second-order valence-corrected chi connectivity index (χ2v) is 7.46. The van der Waals surface area contributed by atoms with Crippen LogP contribution in [0.1, 0.15) is 31.7 Å². The first kappa shape index (κ1) is 24.4. The molecular weight excluding hydrogens is 412 g/mol. The third-order valence-electron chi connectivity index (χ3n) is 4.73. The predicted molar refractivity (Wildman–Crippen MR) is 123 cm³/mol. The quantitative estimate of drug-likeness (QED) is 0.475. The van der Waals surface area contributed by atoms with E-state index < -0.39 is 12.0 Å². The number of carbonyl (C=O) groups is 4. The van der Waals surface area contributed by atoms with E-state index in [0.29, 0.717) is 17.1 Å². The molecule has 0 spiro atoms. The molecule has 9 heteroatoms. The van der Waals surface area contributed by atoms with Crippen molar-refractivity contribution in [1.29, 1.82) is 0 Å². The van der Waals surface area contributed by atoms with Gasteiger partial charge in [0.2, 0.25) is 11.8 Å². The van der Waals surface area contributed by atoms with Crippen molar-refractivity contribution in [1.82, 2.24) is 5.32 Å². The Morgan fingerprint density at radius 3 is 2.25 bits per heavy atom. The van der Waals surface area contributed by atoms with Gasteiger partial charge in [0.1, 0.15) is 0 Å². The molecular formula is C23H28N4O5. The van der Waals surface area contributed by atoms with Crippen LogP contribution >= 0.6 is 0 Å². The van der Waals surface area contributed by atoms with E-state index in [2.05, 4.69) is 16.0 Å². The molecule has 1 atom stereocenters. The number of rotatable bonds is 9. The molecule has 0 saturated heterocycles. The lowest BCUT2D eigenvalue weighted by Crippen LogP contribution is -2.35. The molecule has 0 fully saturated rings. The van der Waals surface area contributed by atoms with Gasteiger partial charge in [0.05, 0.1) is 6.42 Å². The minimum atomic E-state index is -1.00. The van der Waals surface area contributed by atoms with Crippen LogP contribution in [0.4, 0.5) is 21.9 Å². The normalized spacial score (nSPS) is 11.2. The number of nitrogens with one attached hydrogen (secondary N) is 3. The highest BCUT2D eigenvalue weighted by Crippen LogP contribution is 2.19. The van der Waals surface area contributed by atoms with Gasteiger partial charge in [-0.05, 0) is 49.7 Å². The van der Waals surface area contributed by atoms with Crippen molar-refractivity contribution in [3.05, 3.63) is 54.1 Å². The highest BCUT2D eigenvalue weighted by atomic mass is 16.4. The minimum Gasteiger partial charge on any atom is -0.481 e. The molecule has 2 aromatic carbocycles. The molecule has 2 rings (SSSR count). The predicted octanol–water partition coefficient (Wildman–Crippen LogP) is 3.36. The molecule has 1 unspecified atom stereocenters. The third-order valence-corrected chi connectivity index (χ3v) is 4.73. The summed E-state index contributed by atoms with van der Waals surface area (Å²) in [5.41, 5.74) is 2.84. The van der Waals surface area contributed by atoms with Crippen molar-refractivity contribution < 1.29 is 24.3 Å². The average molecular weight is 441 g/mol. The van der Waals surface area contributed by atoms with Crippen LogP contribution in [0.5, 0.6) is 0 Å². The number of nitrogens with zero attached hydrogens (tertiary/aromatic N) is 1. The van der Waals surface area contributed by atoms with E-state index >= 15 is 0 Å². The number of amides is 4. The molecule has 2 aromatic rings. The first-order valence-corrected chi connectivity index (χ1v) is 10.2. The zero-order chi connectivity index (χ0) is 23.7. The maximum Gasteiger partial charge on any atom is 0.323 e. The largest absolute Gasteiger partial charge is 0.481 e. The summed E-state index contributed by atoms with van der Waals surface area (Å²) in [6, 6.07) is 13.3. The Balaban J connectivity index is 1.84. The standard InChI is InChI=1S/C23H28N4O5/c1-15-6-4-5-7-19(15)26-23(32)25-17-8-10-18(11-9-17)27(3)21(29)13-12-20(28)24-16(2)14-22(30)31/h4-11,16H,12-14H2,1-3H3,(H,24,28)(H,30,31)(H2,25,26,32). The number of hydrogen-bond acceptors (Lipinski definition) is 4. The smallest absolute Gasteiger partial charge is 0.323 e. The Labute approximate surface area is 186 Å². The molecule has 32 heavy (non-hydrogen) atoms. The summed E-state index contributed by atoms with van der Waals surface area (Å²) in [6.07, 6.45) is -0.226. The number of para-hydroxylation sites is 1. The van der Waals surface area contributed by atoms with Gasteiger partial charge in [-0.3, -0.25) is 14.4 Å². The maximum atomic E-state index is 12.4. The van der Waals surface area contributed by atoms with E-state index in [4.69, 9.17) is 5.11 Å². The fraction of sp³-hybridized carbons (Fsp3) is 0.304. The number of anilines is 3. The molecule has 9 nitrogen and oxygen atoms in total. The lowest BCUT2D eigenvalue weighted by atomic mass is 10.2. The molecule has 0 aliphatic rings. The van der Waals surface area contributed by atoms with Gasteiger partial charge in [-0.2, -0.15) is 0 Å². The van der Waals surface area contributed by atoms with Crippen LogP contribution in [0.3, 0.4) is 0 Å². The second-order valence-electron chi connectivity index (χ2n) is 7.46. The van der Waals surface area contributed by atoms with Crippen molar-refractivity contribution >= 4 is 40.9 Å². The zero-order valence-corrected chi connectivity index (χ0v) is 18.3. The summed E-state index contributed by atoms with van der Waals surface area (Å²) < 4.78 is 0. The number of carboxylic acid groups (broad SMARTS) is 1. The topological polar surface area (TPSA) is 128 Å². The molecule has 0 aromatic heterocycles. The van der Waals surface area contributed by atoms with E-state index in [1.54, 1.807) is 38.2 Å². The molecule has 0 saturated carbocycles. The van der Waals surface area contributed by atoms with Crippen molar-refractivity contribution in [2.24, 2.45) is 0 Å². The summed E-state index contributed by atoms with van der Waals surface area (Å²) in [4.78, 5) is 48.5. The monoisotopic (exact) mass is 440 g/mol. The fourth-order valence-corrected chi connectivity index (χ4v) is 2.96. The summed E-state index contributed by atoms with van der Waals surface area (Å²) in [5.74, 6) is -1.64. The van der Waals surface area contributed by atoms with Crippen LogP contribution in [-0.2, 0) is 14.4 Å². The SMILES string of the molecule is Cc1ccccc1NC(=O)Nc1ccc(N(C)C(=O)CCC(=O)NC(C)CC(=O)O)cc1. The van der Waals surface area contributed by atoms with Gasteiger partial charge in [-0.1, -0.05) is 18.2 Å². The van der Waals surface area contributed by atoms with Gasteiger partial charge in [-0.15, -0.1) is 0 Å². The molecule has 0 aliphatic heterocycles. The van der Waals surface area contributed by atoms with Gasteiger partial charge < -0.3 is 26.0 Å². The van der Waals surface area contributed by atoms with Crippen LogP contribution < -0.4 is 20.9 Å². The molecule has 4 amide bonds. The van der Waals surface area contributed by atoms with Crippen LogP contribution in [-0.4, -0.2) is 42.0 Å². The van der Waals surface area contributed by atoms with Crippen LogP contribution in [0.2, 0.25) is 0 Å². The van der Waals surface area contributed by atoms with E-state index in [0.717, 1.165) is 5.56 Å². The van der Waals surface area contributed by atoms with Crippen molar-refractivity contribution in [2.45, 2.75) is 39.2 Å². The van der Waals surface area contributed by atoms with E-state index in [1.807, 2.05) is 31.2 Å².